The summed E-state index contributed by atoms with van der Waals surface area (Å²) in [7, 11) is 0. The summed E-state index contributed by atoms with van der Waals surface area (Å²) in [6, 6.07) is 3.64. The number of carbonyl (C=O) groups excluding carboxylic acids is 3. The van der Waals surface area contributed by atoms with Crippen LogP contribution < -0.4 is 5.32 Å². The van der Waals surface area contributed by atoms with E-state index in [1.165, 1.54) is 22.7 Å². The van der Waals surface area contributed by atoms with Crippen molar-refractivity contribution in [1.29, 1.82) is 0 Å². The van der Waals surface area contributed by atoms with Gasteiger partial charge in [-0.3, -0.25) is 9.59 Å². The van der Waals surface area contributed by atoms with Crippen molar-refractivity contribution in [2.45, 2.75) is 19.8 Å². The van der Waals surface area contributed by atoms with E-state index in [1.54, 1.807) is 23.3 Å². The van der Waals surface area contributed by atoms with Gasteiger partial charge in [0.25, 0.3) is 5.91 Å². The van der Waals surface area contributed by atoms with Crippen LogP contribution in [0.4, 0.5) is 5.13 Å². The third kappa shape index (κ3) is 4.28. The second-order valence-electron chi connectivity index (χ2n) is 5.82. The van der Waals surface area contributed by atoms with E-state index in [-0.39, 0.29) is 30.0 Å². The SMILES string of the molecule is CCOC(=O)c1csc(NC(=O)C2CCCN(C(=O)c3cccs3)C2)n1. The van der Waals surface area contributed by atoms with Crippen LogP contribution in [0.3, 0.4) is 0 Å². The molecule has 3 heterocycles. The molecule has 0 radical (unpaired) electrons. The maximum Gasteiger partial charge on any atom is 0.357 e. The van der Waals surface area contributed by atoms with E-state index in [1.807, 2.05) is 11.4 Å². The highest BCUT2D eigenvalue weighted by Gasteiger charge is 2.29. The lowest BCUT2D eigenvalue weighted by atomic mass is 9.97. The highest BCUT2D eigenvalue weighted by molar-refractivity contribution is 7.14. The number of hydrogen-bond donors (Lipinski definition) is 1. The Hall–Kier alpha value is -2.26. The molecule has 1 N–H and O–H groups in total. The predicted molar refractivity (Wildman–Crippen MR) is 99.6 cm³/mol. The standard InChI is InChI=1S/C17H19N3O4S2/c1-2-24-16(23)12-10-26-17(18-12)19-14(21)11-5-3-7-20(9-11)15(22)13-6-4-8-25-13/h4,6,8,10-11H,2-3,5,7,9H2,1H3,(H,18,19,21). The van der Waals surface area contributed by atoms with E-state index in [0.29, 0.717) is 23.1 Å². The van der Waals surface area contributed by atoms with Gasteiger partial charge in [0.05, 0.1) is 17.4 Å². The molecule has 26 heavy (non-hydrogen) atoms. The van der Waals surface area contributed by atoms with Crippen LogP contribution >= 0.6 is 22.7 Å². The van der Waals surface area contributed by atoms with Crippen LogP contribution in [0, 0.1) is 5.92 Å². The number of nitrogens with one attached hydrogen (secondary N) is 1. The van der Waals surface area contributed by atoms with Gasteiger partial charge in [-0.15, -0.1) is 22.7 Å². The predicted octanol–water partition coefficient (Wildman–Crippen LogP) is 2.87. The Kier molecular flexibility index (Phi) is 6.00. The number of nitrogens with zero attached hydrogens (tertiary/aromatic N) is 2. The van der Waals surface area contributed by atoms with Gasteiger partial charge in [0, 0.05) is 18.5 Å². The fourth-order valence-corrected chi connectivity index (χ4v) is 4.14. The maximum absolute atomic E-state index is 12.5. The van der Waals surface area contributed by atoms with E-state index < -0.39 is 5.97 Å². The first-order valence-corrected chi connectivity index (χ1v) is 10.1. The molecular formula is C17H19N3O4S2. The van der Waals surface area contributed by atoms with Gasteiger partial charge in [-0.05, 0) is 31.2 Å². The smallest absolute Gasteiger partial charge is 0.357 e. The summed E-state index contributed by atoms with van der Waals surface area (Å²) in [4.78, 5) is 43.1. The highest BCUT2D eigenvalue weighted by atomic mass is 32.1. The van der Waals surface area contributed by atoms with Crippen LogP contribution in [0.1, 0.15) is 39.9 Å². The molecule has 1 atom stereocenters. The Balaban J connectivity index is 1.59. The molecule has 9 heteroatoms. The van der Waals surface area contributed by atoms with Crippen LogP contribution in [-0.2, 0) is 9.53 Å². The van der Waals surface area contributed by atoms with Crippen molar-refractivity contribution in [2.75, 3.05) is 25.0 Å². The molecule has 2 amide bonds. The quantitative estimate of drug-likeness (QED) is 0.789. The molecule has 0 saturated carbocycles. The number of ether oxygens (including phenoxy) is 1. The Morgan fingerprint density at radius 3 is 2.96 bits per heavy atom. The summed E-state index contributed by atoms with van der Waals surface area (Å²) < 4.78 is 4.89. The summed E-state index contributed by atoms with van der Waals surface area (Å²) in [5, 5.41) is 6.53. The molecule has 1 aliphatic rings. The molecule has 1 fully saturated rings. The van der Waals surface area contributed by atoms with Gasteiger partial charge in [-0.2, -0.15) is 0 Å². The van der Waals surface area contributed by atoms with Crippen LogP contribution in [0.2, 0.25) is 0 Å². The largest absolute Gasteiger partial charge is 0.461 e. The van der Waals surface area contributed by atoms with Crippen molar-refractivity contribution in [2.24, 2.45) is 5.92 Å². The number of rotatable bonds is 5. The third-order valence-corrected chi connectivity index (χ3v) is 5.65. The minimum absolute atomic E-state index is 0.0312. The molecular weight excluding hydrogens is 374 g/mol. The van der Waals surface area contributed by atoms with Crippen molar-refractivity contribution in [3.8, 4) is 0 Å². The average molecular weight is 393 g/mol. The molecule has 1 aliphatic heterocycles. The van der Waals surface area contributed by atoms with Gasteiger partial charge in [-0.25, -0.2) is 9.78 Å². The first-order valence-electron chi connectivity index (χ1n) is 8.34. The number of likely N-dealkylation sites (tertiary alicyclic amines) is 1. The lowest BCUT2D eigenvalue weighted by Crippen LogP contribution is -2.43. The van der Waals surface area contributed by atoms with Crippen molar-refractivity contribution < 1.29 is 19.1 Å². The van der Waals surface area contributed by atoms with Gasteiger partial charge in [0.2, 0.25) is 5.91 Å². The fourth-order valence-electron chi connectivity index (χ4n) is 2.77. The summed E-state index contributed by atoms with van der Waals surface area (Å²) >= 11 is 2.58. The molecule has 138 valence electrons. The normalized spacial score (nSPS) is 17.0. The van der Waals surface area contributed by atoms with Crippen LogP contribution in [0.25, 0.3) is 0 Å². The number of esters is 1. The number of amides is 2. The van der Waals surface area contributed by atoms with E-state index in [4.69, 9.17) is 4.74 Å². The number of hydrogen-bond acceptors (Lipinski definition) is 7. The molecule has 7 nitrogen and oxygen atoms in total. The molecule has 1 unspecified atom stereocenters. The van der Waals surface area contributed by atoms with Gasteiger partial charge in [0.1, 0.15) is 0 Å². The second-order valence-corrected chi connectivity index (χ2v) is 7.62. The first kappa shape index (κ1) is 18.5. The maximum atomic E-state index is 12.5. The zero-order valence-corrected chi connectivity index (χ0v) is 15.9. The van der Waals surface area contributed by atoms with Crippen molar-refractivity contribution in [1.82, 2.24) is 9.88 Å². The Morgan fingerprint density at radius 2 is 2.23 bits per heavy atom. The lowest BCUT2D eigenvalue weighted by Gasteiger charge is -2.31. The van der Waals surface area contributed by atoms with Gasteiger partial charge in [0.15, 0.2) is 10.8 Å². The molecule has 2 aromatic heterocycles. The Morgan fingerprint density at radius 1 is 1.38 bits per heavy atom. The van der Waals surface area contributed by atoms with Crippen LogP contribution in [-0.4, -0.2) is 47.4 Å². The molecule has 0 spiro atoms. The van der Waals surface area contributed by atoms with Gasteiger partial charge >= 0.3 is 5.97 Å². The molecule has 1 saturated heterocycles. The Labute approximate surface area is 159 Å². The van der Waals surface area contributed by atoms with Crippen molar-refractivity contribution in [3.05, 3.63) is 33.5 Å². The monoisotopic (exact) mass is 393 g/mol. The number of anilines is 1. The number of aromatic nitrogens is 1. The number of thiophene rings is 1. The second kappa shape index (κ2) is 8.41. The van der Waals surface area contributed by atoms with Crippen molar-refractivity contribution >= 4 is 45.6 Å². The molecule has 3 rings (SSSR count). The van der Waals surface area contributed by atoms with E-state index in [2.05, 4.69) is 10.3 Å². The summed E-state index contributed by atoms with van der Waals surface area (Å²) in [6.07, 6.45) is 1.50. The average Bonchev–Trinajstić information content (AvgIpc) is 3.33. The first-order chi connectivity index (χ1) is 12.6. The summed E-state index contributed by atoms with van der Waals surface area (Å²) in [5.74, 6) is -1.01. The van der Waals surface area contributed by atoms with Crippen LogP contribution in [0.5, 0.6) is 0 Å². The zero-order chi connectivity index (χ0) is 18.5. The minimum Gasteiger partial charge on any atom is -0.461 e. The molecule has 0 aromatic carbocycles. The van der Waals surface area contributed by atoms with Gasteiger partial charge in [-0.1, -0.05) is 6.07 Å². The van der Waals surface area contributed by atoms with Crippen LogP contribution in [0.15, 0.2) is 22.9 Å². The number of thiazole rings is 1. The summed E-state index contributed by atoms with van der Waals surface area (Å²) in [5.41, 5.74) is 0.185. The van der Waals surface area contributed by atoms with E-state index >= 15 is 0 Å². The fraction of sp³-hybridized carbons (Fsp3) is 0.412. The van der Waals surface area contributed by atoms with Crippen molar-refractivity contribution in [3.63, 3.8) is 0 Å². The molecule has 0 bridgehead atoms. The van der Waals surface area contributed by atoms with Gasteiger partial charge < -0.3 is 15.0 Å². The Bertz CT molecular complexity index is 788. The van der Waals surface area contributed by atoms with E-state index in [9.17, 15) is 14.4 Å². The molecule has 0 aliphatic carbocycles. The van der Waals surface area contributed by atoms with E-state index in [0.717, 1.165) is 12.8 Å². The lowest BCUT2D eigenvalue weighted by molar-refractivity contribution is -0.121. The zero-order valence-electron chi connectivity index (χ0n) is 14.3. The minimum atomic E-state index is -0.505. The number of carbonyl (C=O) groups is 3. The number of piperidine rings is 1. The molecule has 2 aromatic rings. The highest BCUT2D eigenvalue weighted by Crippen LogP contribution is 2.23. The topological polar surface area (TPSA) is 88.6 Å². The third-order valence-electron chi connectivity index (χ3n) is 4.03. The summed E-state index contributed by atoms with van der Waals surface area (Å²) in [6.45, 7) is 3.04.